The SMILES string of the molecule is c1ccc(-c2ccc3cc(-c4nc(-c5cccc(-n6c7ccccc7c7ccccc76)c5)nc(-c5cccc6oc7ccncc7c56)n4)ccc3c2)cc1. The molecule has 4 aromatic heterocycles. The summed E-state index contributed by atoms with van der Waals surface area (Å²) in [7, 11) is 0. The van der Waals surface area contributed by atoms with Crippen molar-refractivity contribution in [1.29, 1.82) is 0 Å². The highest BCUT2D eigenvalue weighted by Crippen LogP contribution is 2.38. The summed E-state index contributed by atoms with van der Waals surface area (Å²) < 4.78 is 8.56. The summed E-state index contributed by atoms with van der Waals surface area (Å²) in [6, 6.07) is 56.9. The van der Waals surface area contributed by atoms with Crippen molar-refractivity contribution in [1.82, 2.24) is 24.5 Å². The van der Waals surface area contributed by atoms with Gasteiger partial charge in [-0.25, -0.2) is 15.0 Å². The lowest BCUT2D eigenvalue weighted by Crippen LogP contribution is -2.01. The zero-order valence-electron chi connectivity index (χ0n) is 28.9. The molecule has 0 fully saturated rings. The molecule has 0 aliphatic rings. The van der Waals surface area contributed by atoms with Gasteiger partial charge in [-0.2, -0.15) is 0 Å². The second-order valence-corrected chi connectivity index (χ2v) is 13.5. The van der Waals surface area contributed by atoms with Gasteiger partial charge >= 0.3 is 0 Å². The van der Waals surface area contributed by atoms with Gasteiger partial charge in [0.1, 0.15) is 11.2 Å². The van der Waals surface area contributed by atoms with Crippen molar-refractivity contribution in [2.75, 3.05) is 0 Å². The summed E-state index contributed by atoms with van der Waals surface area (Å²) in [5.74, 6) is 1.74. The van der Waals surface area contributed by atoms with E-state index in [4.69, 9.17) is 19.4 Å². The Hall–Kier alpha value is -7.44. The topological polar surface area (TPSA) is 69.6 Å². The van der Waals surface area contributed by atoms with E-state index in [1.54, 1.807) is 6.20 Å². The number of rotatable bonds is 5. The molecule has 0 spiro atoms. The van der Waals surface area contributed by atoms with Crippen molar-refractivity contribution in [3.05, 3.63) is 176 Å². The minimum Gasteiger partial charge on any atom is -0.456 e. The number of hydrogen-bond acceptors (Lipinski definition) is 5. The second kappa shape index (κ2) is 12.1. The maximum atomic E-state index is 6.25. The van der Waals surface area contributed by atoms with Gasteiger partial charge in [0.05, 0.1) is 11.0 Å². The second-order valence-electron chi connectivity index (χ2n) is 13.5. The average Bonchev–Trinajstić information content (AvgIpc) is 3.80. The van der Waals surface area contributed by atoms with Gasteiger partial charge in [0.2, 0.25) is 0 Å². The smallest absolute Gasteiger partial charge is 0.164 e. The fourth-order valence-corrected chi connectivity index (χ4v) is 7.79. The molecule has 7 aromatic carbocycles. The minimum absolute atomic E-state index is 0.564. The highest BCUT2D eigenvalue weighted by Gasteiger charge is 2.19. The molecule has 0 aliphatic heterocycles. The lowest BCUT2D eigenvalue weighted by atomic mass is 10.00. The Bertz CT molecular complexity index is 3180. The first-order valence-corrected chi connectivity index (χ1v) is 18.0. The molecule has 0 bridgehead atoms. The van der Waals surface area contributed by atoms with Gasteiger partial charge in [-0.15, -0.1) is 0 Å². The summed E-state index contributed by atoms with van der Waals surface area (Å²) in [6.07, 6.45) is 3.59. The van der Waals surface area contributed by atoms with Gasteiger partial charge in [0.25, 0.3) is 0 Å². The van der Waals surface area contributed by atoms with E-state index in [1.807, 2.05) is 36.5 Å². The summed E-state index contributed by atoms with van der Waals surface area (Å²) in [5.41, 5.74) is 9.87. The molecule has 6 nitrogen and oxygen atoms in total. The largest absolute Gasteiger partial charge is 0.456 e. The normalized spacial score (nSPS) is 11.7. The monoisotopic (exact) mass is 691 g/mol. The van der Waals surface area contributed by atoms with E-state index in [1.165, 1.54) is 21.9 Å². The zero-order chi connectivity index (χ0) is 35.6. The first-order valence-electron chi connectivity index (χ1n) is 18.0. The molecular formula is C48H29N5O. The molecule has 0 saturated heterocycles. The van der Waals surface area contributed by atoms with E-state index >= 15 is 0 Å². The first kappa shape index (κ1) is 30.2. The minimum atomic E-state index is 0.564. The number of hydrogen-bond donors (Lipinski definition) is 0. The Labute approximate surface area is 309 Å². The predicted octanol–water partition coefficient (Wildman–Crippen LogP) is 12.1. The van der Waals surface area contributed by atoms with E-state index in [-0.39, 0.29) is 0 Å². The molecule has 11 aromatic rings. The third-order valence-electron chi connectivity index (χ3n) is 10.3. The average molecular weight is 692 g/mol. The predicted molar refractivity (Wildman–Crippen MR) is 218 cm³/mol. The van der Waals surface area contributed by atoms with Gasteiger partial charge in [-0.1, -0.05) is 115 Å². The molecule has 0 N–H and O–H groups in total. The highest BCUT2D eigenvalue weighted by molar-refractivity contribution is 6.12. The van der Waals surface area contributed by atoms with Crippen LogP contribution in [0.1, 0.15) is 0 Å². The molecule has 0 unspecified atom stereocenters. The van der Waals surface area contributed by atoms with Gasteiger partial charge in [-0.05, 0) is 70.4 Å². The van der Waals surface area contributed by atoms with Gasteiger partial charge < -0.3 is 8.98 Å². The zero-order valence-corrected chi connectivity index (χ0v) is 28.9. The fraction of sp³-hybridized carbons (Fsp3) is 0. The Kier molecular flexibility index (Phi) is 6.75. The van der Waals surface area contributed by atoms with Gasteiger partial charge in [-0.3, -0.25) is 4.98 Å². The van der Waals surface area contributed by atoms with Crippen molar-refractivity contribution in [2.24, 2.45) is 0 Å². The molecule has 4 heterocycles. The Balaban J connectivity index is 1.11. The fourth-order valence-electron chi connectivity index (χ4n) is 7.79. The molecule has 252 valence electrons. The molecule has 0 atom stereocenters. The lowest BCUT2D eigenvalue weighted by molar-refractivity contribution is 0.668. The van der Waals surface area contributed by atoms with Gasteiger partial charge in [0, 0.05) is 56.3 Å². The number of pyridine rings is 1. The first-order chi connectivity index (χ1) is 26.7. The Morgan fingerprint density at radius 3 is 1.83 bits per heavy atom. The van der Waals surface area contributed by atoms with Crippen molar-refractivity contribution in [3.8, 4) is 51.0 Å². The number of nitrogens with zero attached hydrogens (tertiary/aromatic N) is 5. The van der Waals surface area contributed by atoms with Crippen LogP contribution in [0.2, 0.25) is 0 Å². The summed E-state index contributed by atoms with van der Waals surface area (Å²) in [6.45, 7) is 0. The molecule has 6 heteroatoms. The molecule has 0 radical (unpaired) electrons. The van der Waals surface area contributed by atoms with Crippen LogP contribution < -0.4 is 0 Å². The maximum absolute atomic E-state index is 6.25. The molecular weight excluding hydrogens is 663 g/mol. The number of para-hydroxylation sites is 2. The van der Waals surface area contributed by atoms with Gasteiger partial charge in [0.15, 0.2) is 17.5 Å². The third kappa shape index (κ3) is 4.89. The molecule has 54 heavy (non-hydrogen) atoms. The number of benzene rings is 7. The standard InChI is InChI=1S/C48H29N5O/c1-2-10-30(11-3-1)31-20-21-33-27-35(23-22-32(33)26-31)47-50-46(51-48(52-47)39-16-9-19-44-45(39)40-29-49-25-24-43(40)54-44)34-12-8-13-36(28-34)53-41-17-6-4-14-37(41)38-15-5-7-18-42(38)53/h1-29H. The van der Waals surface area contributed by atoms with E-state index in [0.717, 1.165) is 66.1 Å². The quantitative estimate of drug-likeness (QED) is 0.180. The van der Waals surface area contributed by atoms with E-state index < -0.39 is 0 Å². The van der Waals surface area contributed by atoms with E-state index in [2.05, 4.69) is 143 Å². The summed E-state index contributed by atoms with van der Waals surface area (Å²) in [4.78, 5) is 20.0. The van der Waals surface area contributed by atoms with Crippen LogP contribution in [0.5, 0.6) is 0 Å². The van der Waals surface area contributed by atoms with Crippen molar-refractivity contribution >= 4 is 54.5 Å². The van der Waals surface area contributed by atoms with Crippen LogP contribution in [-0.2, 0) is 0 Å². The number of furan rings is 1. The van der Waals surface area contributed by atoms with Crippen LogP contribution in [0.25, 0.3) is 105 Å². The van der Waals surface area contributed by atoms with Crippen LogP contribution in [0.3, 0.4) is 0 Å². The maximum Gasteiger partial charge on any atom is 0.164 e. The van der Waals surface area contributed by atoms with E-state index in [9.17, 15) is 0 Å². The van der Waals surface area contributed by atoms with Crippen molar-refractivity contribution in [2.45, 2.75) is 0 Å². The van der Waals surface area contributed by atoms with E-state index in [0.29, 0.717) is 17.5 Å². The third-order valence-corrected chi connectivity index (χ3v) is 10.3. The van der Waals surface area contributed by atoms with Crippen LogP contribution in [-0.4, -0.2) is 24.5 Å². The van der Waals surface area contributed by atoms with Crippen molar-refractivity contribution < 1.29 is 4.42 Å². The summed E-state index contributed by atoms with van der Waals surface area (Å²) in [5, 5.41) is 6.53. The Morgan fingerprint density at radius 2 is 1.06 bits per heavy atom. The number of aromatic nitrogens is 5. The Morgan fingerprint density at radius 1 is 0.426 bits per heavy atom. The lowest BCUT2D eigenvalue weighted by Gasteiger charge is -2.12. The highest BCUT2D eigenvalue weighted by atomic mass is 16.3. The number of fused-ring (bicyclic) bond motifs is 7. The van der Waals surface area contributed by atoms with Crippen LogP contribution in [0.4, 0.5) is 0 Å². The molecule has 0 saturated carbocycles. The molecule has 0 amide bonds. The van der Waals surface area contributed by atoms with Crippen LogP contribution in [0, 0.1) is 0 Å². The van der Waals surface area contributed by atoms with Crippen molar-refractivity contribution in [3.63, 3.8) is 0 Å². The van der Waals surface area contributed by atoms with Crippen LogP contribution >= 0.6 is 0 Å². The molecule has 0 aliphatic carbocycles. The van der Waals surface area contributed by atoms with Crippen LogP contribution in [0.15, 0.2) is 181 Å². The molecule has 11 rings (SSSR count). The summed E-state index contributed by atoms with van der Waals surface area (Å²) >= 11 is 0.